The summed E-state index contributed by atoms with van der Waals surface area (Å²) in [4.78, 5) is 10.8. The summed E-state index contributed by atoms with van der Waals surface area (Å²) in [6.07, 6.45) is 3.73. The van der Waals surface area contributed by atoms with Gasteiger partial charge in [0.1, 0.15) is 5.75 Å². The molecule has 1 atom stereocenters. The number of carbonyl (C=O) groups is 1. The normalized spacial score (nSPS) is 20.4. The van der Waals surface area contributed by atoms with Crippen LogP contribution in [-0.2, 0) is 4.79 Å². The van der Waals surface area contributed by atoms with Crippen molar-refractivity contribution in [3.8, 4) is 5.75 Å². The van der Waals surface area contributed by atoms with Crippen molar-refractivity contribution in [3.05, 3.63) is 29.8 Å². The van der Waals surface area contributed by atoms with E-state index >= 15 is 0 Å². The van der Waals surface area contributed by atoms with Crippen LogP contribution in [0.25, 0.3) is 0 Å². The highest BCUT2D eigenvalue weighted by atomic mass is 16.5. The Hall–Kier alpha value is -1.35. The molecule has 1 aromatic carbocycles. The first kappa shape index (κ1) is 11.1. The summed E-state index contributed by atoms with van der Waals surface area (Å²) >= 11 is 0. The number of ether oxygens (including phenoxy) is 1. The molecule has 2 rings (SSSR count). The molecule has 1 aromatic rings. The maximum Gasteiger partial charge on any atom is 0.308 e. The third-order valence-corrected chi connectivity index (χ3v) is 2.85. The van der Waals surface area contributed by atoms with Crippen molar-refractivity contribution in [2.24, 2.45) is 0 Å². The van der Waals surface area contributed by atoms with Crippen molar-refractivity contribution in [3.63, 3.8) is 0 Å². The summed E-state index contributed by atoms with van der Waals surface area (Å²) in [6.45, 7) is 2.51. The van der Waals surface area contributed by atoms with Crippen LogP contribution in [0.1, 0.15) is 37.8 Å². The van der Waals surface area contributed by atoms with E-state index in [1.807, 2.05) is 24.3 Å². The molecule has 1 saturated heterocycles. The number of piperidine rings is 1. The second-order valence-corrected chi connectivity index (χ2v) is 4.17. The smallest absolute Gasteiger partial charge is 0.308 e. The molecule has 0 aliphatic carbocycles. The number of nitrogens with one attached hydrogen (secondary N) is 1. The monoisotopic (exact) mass is 219 g/mol. The van der Waals surface area contributed by atoms with Gasteiger partial charge in [0, 0.05) is 13.0 Å². The number of carbonyl (C=O) groups excluding carboxylic acids is 1. The number of hydrogen-bond acceptors (Lipinski definition) is 3. The lowest BCUT2D eigenvalue weighted by Gasteiger charge is -2.23. The van der Waals surface area contributed by atoms with Gasteiger partial charge in [0.2, 0.25) is 0 Å². The fourth-order valence-corrected chi connectivity index (χ4v) is 2.07. The Balaban J connectivity index is 2.03. The average molecular weight is 219 g/mol. The predicted molar refractivity (Wildman–Crippen MR) is 62.3 cm³/mol. The Kier molecular flexibility index (Phi) is 3.57. The van der Waals surface area contributed by atoms with E-state index in [1.165, 1.54) is 31.7 Å². The van der Waals surface area contributed by atoms with Crippen LogP contribution in [0.2, 0.25) is 0 Å². The summed E-state index contributed by atoms with van der Waals surface area (Å²) in [6, 6.07) is 8.22. The van der Waals surface area contributed by atoms with Gasteiger partial charge in [0.05, 0.1) is 0 Å². The van der Waals surface area contributed by atoms with Gasteiger partial charge in [-0.1, -0.05) is 18.6 Å². The van der Waals surface area contributed by atoms with Gasteiger partial charge in [-0.15, -0.1) is 0 Å². The van der Waals surface area contributed by atoms with Crippen LogP contribution < -0.4 is 10.1 Å². The Labute approximate surface area is 95.8 Å². The van der Waals surface area contributed by atoms with Gasteiger partial charge in [-0.3, -0.25) is 4.79 Å². The molecule has 0 radical (unpaired) electrons. The van der Waals surface area contributed by atoms with Gasteiger partial charge in [0.15, 0.2) is 0 Å². The van der Waals surface area contributed by atoms with Gasteiger partial charge < -0.3 is 10.1 Å². The highest BCUT2D eigenvalue weighted by Crippen LogP contribution is 2.24. The van der Waals surface area contributed by atoms with E-state index in [9.17, 15) is 4.79 Å². The summed E-state index contributed by atoms with van der Waals surface area (Å²) in [7, 11) is 0. The Bertz CT molecular complexity index is 353. The van der Waals surface area contributed by atoms with E-state index in [4.69, 9.17) is 4.74 Å². The van der Waals surface area contributed by atoms with Crippen LogP contribution >= 0.6 is 0 Å². The molecule has 1 aliphatic rings. The fraction of sp³-hybridized carbons (Fsp3) is 0.462. The molecule has 3 nitrogen and oxygen atoms in total. The summed E-state index contributed by atoms with van der Waals surface area (Å²) in [5.41, 5.74) is 1.27. The fourth-order valence-electron chi connectivity index (χ4n) is 2.07. The molecule has 0 bridgehead atoms. The summed E-state index contributed by atoms with van der Waals surface area (Å²) in [5, 5.41) is 3.49. The van der Waals surface area contributed by atoms with Crippen LogP contribution in [0.15, 0.2) is 24.3 Å². The van der Waals surface area contributed by atoms with E-state index in [-0.39, 0.29) is 5.97 Å². The Morgan fingerprint density at radius 3 is 2.62 bits per heavy atom. The molecule has 1 heterocycles. The van der Waals surface area contributed by atoms with E-state index in [2.05, 4.69) is 5.32 Å². The zero-order valence-corrected chi connectivity index (χ0v) is 9.53. The van der Waals surface area contributed by atoms with Crippen molar-refractivity contribution >= 4 is 5.97 Å². The zero-order valence-electron chi connectivity index (χ0n) is 9.53. The minimum absolute atomic E-state index is 0.274. The molecule has 16 heavy (non-hydrogen) atoms. The third kappa shape index (κ3) is 2.83. The minimum atomic E-state index is -0.274. The Morgan fingerprint density at radius 1 is 1.31 bits per heavy atom. The summed E-state index contributed by atoms with van der Waals surface area (Å²) in [5.74, 6) is 0.343. The van der Waals surface area contributed by atoms with Crippen LogP contribution in [-0.4, -0.2) is 12.5 Å². The quantitative estimate of drug-likeness (QED) is 0.613. The molecule has 3 heteroatoms. The highest BCUT2D eigenvalue weighted by Gasteiger charge is 2.14. The second-order valence-electron chi connectivity index (χ2n) is 4.17. The van der Waals surface area contributed by atoms with Gasteiger partial charge in [0.25, 0.3) is 0 Å². The lowest BCUT2D eigenvalue weighted by Crippen LogP contribution is -2.26. The number of hydrogen-bond donors (Lipinski definition) is 1. The van der Waals surface area contributed by atoms with E-state index in [0.717, 1.165) is 6.54 Å². The molecule has 1 aliphatic heterocycles. The van der Waals surface area contributed by atoms with Crippen LogP contribution in [0.3, 0.4) is 0 Å². The molecule has 1 fully saturated rings. The van der Waals surface area contributed by atoms with Crippen molar-refractivity contribution in [2.75, 3.05) is 6.54 Å². The van der Waals surface area contributed by atoms with Gasteiger partial charge in [-0.05, 0) is 37.1 Å². The first-order valence-corrected chi connectivity index (χ1v) is 5.77. The lowest BCUT2D eigenvalue weighted by molar-refractivity contribution is -0.131. The van der Waals surface area contributed by atoms with Crippen LogP contribution in [0.4, 0.5) is 0 Å². The molecule has 0 amide bonds. The Morgan fingerprint density at radius 2 is 2.06 bits per heavy atom. The average Bonchev–Trinajstić information content (AvgIpc) is 2.30. The number of benzene rings is 1. The van der Waals surface area contributed by atoms with Gasteiger partial charge in [-0.2, -0.15) is 0 Å². The maximum atomic E-state index is 10.8. The van der Waals surface area contributed by atoms with Gasteiger partial charge >= 0.3 is 5.97 Å². The highest BCUT2D eigenvalue weighted by molar-refractivity contribution is 5.69. The van der Waals surface area contributed by atoms with E-state index in [1.54, 1.807) is 0 Å². The first-order valence-electron chi connectivity index (χ1n) is 5.77. The minimum Gasteiger partial charge on any atom is -0.427 e. The van der Waals surface area contributed by atoms with Crippen LogP contribution in [0.5, 0.6) is 5.75 Å². The van der Waals surface area contributed by atoms with Crippen molar-refractivity contribution in [1.82, 2.24) is 5.32 Å². The molecule has 0 aromatic heterocycles. The van der Waals surface area contributed by atoms with Crippen molar-refractivity contribution in [2.45, 2.75) is 32.2 Å². The second kappa shape index (κ2) is 5.12. The molecule has 1 N–H and O–H groups in total. The van der Waals surface area contributed by atoms with Crippen molar-refractivity contribution < 1.29 is 9.53 Å². The maximum absolute atomic E-state index is 10.8. The number of esters is 1. The molecule has 0 spiro atoms. The lowest BCUT2D eigenvalue weighted by atomic mass is 9.98. The number of rotatable bonds is 2. The van der Waals surface area contributed by atoms with E-state index < -0.39 is 0 Å². The first-order chi connectivity index (χ1) is 7.75. The molecular formula is C13H17NO2. The molecular weight excluding hydrogens is 202 g/mol. The summed E-state index contributed by atoms with van der Waals surface area (Å²) < 4.78 is 5.00. The van der Waals surface area contributed by atoms with Crippen LogP contribution in [0, 0.1) is 0 Å². The molecule has 0 unspecified atom stereocenters. The predicted octanol–water partition coefficient (Wildman–Crippen LogP) is 2.43. The van der Waals surface area contributed by atoms with E-state index in [0.29, 0.717) is 11.8 Å². The zero-order chi connectivity index (χ0) is 11.4. The largest absolute Gasteiger partial charge is 0.427 e. The topological polar surface area (TPSA) is 38.3 Å². The molecule has 0 saturated carbocycles. The molecule has 86 valence electrons. The van der Waals surface area contributed by atoms with Crippen molar-refractivity contribution in [1.29, 1.82) is 0 Å². The standard InChI is InChI=1S/C13H17NO2/c1-10(15)16-12-7-5-11(6-8-12)13-4-2-3-9-14-13/h5-8,13-14H,2-4,9H2,1H3/t13-/m0/s1. The van der Waals surface area contributed by atoms with Gasteiger partial charge in [-0.25, -0.2) is 0 Å². The SMILES string of the molecule is CC(=O)Oc1ccc([C@@H]2CCCCN2)cc1. The third-order valence-electron chi connectivity index (χ3n) is 2.85.